The Labute approximate surface area is 171 Å². The largest absolute Gasteiger partial charge is 0.465 e. The molecule has 2 aromatic rings. The van der Waals surface area contributed by atoms with Gasteiger partial charge in [0.2, 0.25) is 0 Å². The first-order valence-corrected chi connectivity index (χ1v) is 9.58. The first kappa shape index (κ1) is 23.3. The molecule has 0 aromatic heterocycles. The lowest BCUT2D eigenvalue weighted by Gasteiger charge is -2.17. The van der Waals surface area contributed by atoms with Gasteiger partial charge in [-0.15, -0.1) is 0 Å². The summed E-state index contributed by atoms with van der Waals surface area (Å²) >= 11 is 12.3. The first-order valence-electron chi connectivity index (χ1n) is 8.35. The second-order valence-corrected chi connectivity index (χ2v) is 6.97. The van der Waals surface area contributed by atoms with Crippen molar-refractivity contribution in [2.75, 3.05) is 6.61 Å². The fourth-order valence-electron chi connectivity index (χ4n) is 2.40. The topological polar surface area (TPSA) is 60.4 Å². The van der Waals surface area contributed by atoms with E-state index in [9.17, 15) is 9.59 Å². The van der Waals surface area contributed by atoms with Crippen LogP contribution in [0.1, 0.15) is 42.1 Å². The van der Waals surface area contributed by atoms with Gasteiger partial charge in [0, 0.05) is 0 Å². The molecule has 0 heterocycles. The van der Waals surface area contributed by atoms with Gasteiger partial charge < -0.3 is 4.74 Å². The molecule has 144 valence electrons. The summed E-state index contributed by atoms with van der Waals surface area (Å²) < 4.78 is 13.5. The maximum Gasteiger partial charge on any atom is 0.321 e. The summed E-state index contributed by atoms with van der Waals surface area (Å²) in [5.41, 5.74) is 0.693. The van der Waals surface area contributed by atoms with E-state index in [0.717, 1.165) is 6.42 Å². The van der Waals surface area contributed by atoms with Gasteiger partial charge in [0.05, 0.1) is 22.2 Å². The Morgan fingerprint density at radius 3 is 2.04 bits per heavy atom. The third kappa shape index (κ3) is 6.73. The molecule has 0 radical (unpaired) electrons. The highest BCUT2D eigenvalue weighted by Crippen LogP contribution is 2.31. The van der Waals surface area contributed by atoms with Crippen LogP contribution >= 0.6 is 32.3 Å². The molecule has 0 spiro atoms. The molecule has 0 aliphatic rings. The lowest BCUT2D eigenvalue weighted by Crippen LogP contribution is -2.25. The van der Waals surface area contributed by atoms with Crippen LogP contribution in [0.3, 0.4) is 0 Å². The summed E-state index contributed by atoms with van der Waals surface area (Å²) in [6.45, 7) is 4.34. The van der Waals surface area contributed by atoms with Crippen molar-refractivity contribution in [3.05, 3.63) is 69.7 Å². The highest BCUT2D eigenvalue weighted by atomic mass is 35.5. The van der Waals surface area contributed by atoms with E-state index >= 15 is 0 Å². The fraction of sp³-hybridized carbons (Fsp3) is 0.300. The van der Waals surface area contributed by atoms with Gasteiger partial charge in [0.1, 0.15) is 5.92 Å². The summed E-state index contributed by atoms with van der Waals surface area (Å²) in [5, 5.41) is 0.432. The predicted molar refractivity (Wildman–Crippen MR) is 111 cm³/mol. The molecule has 0 amide bonds. The summed E-state index contributed by atoms with van der Waals surface area (Å²) in [7, 11) is 1.17. The second kappa shape index (κ2) is 11.9. The van der Waals surface area contributed by atoms with Crippen molar-refractivity contribution in [2.45, 2.75) is 26.2 Å². The van der Waals surface area contributed by atoms with Crippen molar-refractivity contribution in [3.63, 3.8) is 0 Å². The molecule has 0 saturated heterocycles. The van der Waals surface area contributed by atoms with Crippen LogP contribution in [0, 0.1) is 5.92 Å². The van der Waals surface area contributed by atoms with E-state index in [-0.39, 0.29) is 22.2 Å². The lowest BCUT2D eigenvalue weighted by atomic mass is 9.90. The number of carbonyl (C=O) groups is 2. The smallest absolute Gasteiger partial charge is 0.321 e. The van der Waals surface area contributed by atoms with Gasteiger partial charge in [0.25, 0.3) is 0 Å². The number of rotatable bonds is 7. The van der Waals surface area contributed by atoms with Crippen molar-refractivity contribution in [1.29, 1.82) is 0 Å². The van der Waals surface area contributed by atoms with E-state index < -0.39 is 17.7 Å². The highest BCUT2D eigenvalue weighted by molar-refractivity contribution is 7.00. The molecule has 4 nitrogen and oxygen atoms in total. The minimum atomic E-state index is -1.09. The Bertz CT molecular complexity index is 746. The molecule has 2 unspecified atom stereocenters. The minimum absolute atomic E-state index is 0.139. The fourth-order valence-corrected chi connectivity index (χ4v) is 2.98. The van der Waals surface area contributed by atoms with Gasteiger partial charge in [-0.2, -0.15) is 0 Å². The predicted octanol–water partition coefficient (Wildman–Crippen LogP) is 5.76. The van der Waals surface area contributed by atoms with E-state index in [1.807, 2.05) is 19.9 Å². The second-order valence-electron chi connectivity index (χ2n) is 6.15. The monoisotopic (exact) mass is 427 g/mol. The molecular formula is C20H22Cl2O4P+. The molecule has 27 heavy (non-hydrogen) atoms. The molecule has 7 heteroatoms. The van der Waals surface area contributed by atoms with Gasteiger partial charge in [0.15, 0.2) is 5.78 Å². The molecule has 0 saturated carbocycles. The molecule has 0 N–H and O–H groups in total. The average Bonchev–Trinajstić information content (AvgIpc) is 2.64. The van der Waals surface area contributed by atoms with Crippen molar-refractivity contribution in [3.8, 4) is 0 Å². The number of Topliss-reactive ketones (excluding diaryl/α,β-unsaturated/α-hetero) is 1. The molecule has 0 aliphatic carbocycles. The van der Waals surface area contributed by atoms with Gasteiger partial charge in [-0.25, -0.2) is 0 Å². The quantitative estimate of drug-likeness (QED) is 0.244. The lowest BCUT2D eigenvalue weighted by molar-refractivity contribution is -0.144. The number of hydrogen-bond acceptors (Lipinski definition) is 4. The summed E-state index contributed by atoms with van der Waals surface area (Å²) in [4.78, 5) is 25.7. The van der Waals surface area contributed by atoms with Crippen LogP contribution in [0.2, 0.25) is 10.0 Å². The van der Waals surface area contributed by atoms with Gasteiger partial charge >= 0.3 is 15.1 Å². The Morgan fingerprint density at radius 1 is 0.963 bits per heavy atom. The van der Waals surface area contributed by atoms with Crippen LogP contribution in [0.4, 0.5) is 0 Å². The number of halogens is 2. The van der Waals surface area contributed by atoms with Crippen molar-refractivity contribution in [2.24, 2.45) is 5.92 Å². The Balaban J connectivity index is 0.00000176. The minimum Gasteiger partial charge on any atom is -0.465 e. The van der Waals surface area contributed by atoms with E-state index in [2.05, 4.69) is 0 Å². The van der Waals surface area contributed by atoms with E-state index in [1.54, 1.807) is 42.5 Å². The maximum absolute atomic E-state index is 13.1. The summed E-state index contributed by atoms with van der Waals surface area (Å²) in [6.07, 6.45) is 0.730. The molecule has 2 atom stereocenters. The Morgan fingerprint density at radius 2 is 1.52 bits per heavy atom. The zero-order chi connectivity index (χ0) is 20.4. The highest BCUT2D eigenvalue weighted by Gasteiger charge is 2.33. The molecule has 2 aromatic carbocycles. The molecule has 0 aliphatic heterocycles. The normalized spacial score (nSPS) is 11.3. The van der Waals surface area contributed by atoms with Gasteiger partial charge in [-0.3, -0.25) is 9.59 Å². The van der Waals surface area contributed by atoms with Crippen molar-refractivity contribution >= 4 is 44.1 Å². The summed E-state index contributed by atoms with van der Waals surface area (Å²) in [5.74, 6) is -1.74. The standard InChI is InChI=1S/C20H20Cl2O3.H2OP/c1-13(2)11-12-25-20(24)17(14-7-4-3-5-8-14)19(23)18-15(21)9-6-10-16(18)22;1-2/h3-10,13,17H,11-12H2,1-2H3;2H2/q;+1. The van der Waals surface area contributed by atoms with Crippen LogP contribution in [-0.4, -0.2) is 18.4 Å². The molecule has 0 fully saturated rings. The van der Waals surface area contributed by atoms with Crippen LogP contribution < -0.4 is 0 Å². The SMILES string of the molecule is CC(C)CCOC(=O)C(C(=O)c1c(Cl)cccc1Cl)c1ccccc1.O=[PH2+]. The van der Waals surface area contributed by atoms with Gasteiger partial charge in [-0.1, -0.05) is 78.0 Å². The first-order chi connectivity index (χ1) is 12.9. The number of benzene rings is 2. The Hall–Kier alpha value is -1.74. The number of ether oxygens (including phenoxy) is 1. The maximum atomic E-state index is 13.1. The number of ketones is 1. The number of esters is 1. The van der Waals surface area contributed by atoms with E-state index in [4.69, 9.17) is 32.5 Å². The molecular weight excluding hydrogens is 406 g/mol. The van der Waals surface area contributed by atoms with Crippen molar-refractivity contribution in [1.82, 2.24) is 0 Å². The van der Waals surface area contributed by atoms with Crippen molar-refractivity contribution < 1.29 is 18.9 Å². The average molecular weight is 428 g/mol. The van der Waals surface area contributed by atoms with Crippen LogP contribution in [-0.2, 0) is 14.1 Å². The zero-order valence-corrected chi connectivity index (χ0v) is 17.8. The van der Waals surface area contributed by atoms with Gasteiger partial charge in [-0.05, 0) is 30.0 Å². The van der Waals surface area contributed by atoms with E-state index in [0.29, 0.717) is 11.5 Å². The Kier molecular flexibility index (Phi) is 10.2. The molecule has 2 rings (SSSR count). The van der Waals surface area contributed by atoms with Crippen LogP contribution in [0.5, 0.6) is 0 Å². The number of hydrogen-bond donors (Lipinski definition) is 0. The third-order valence-electron chi connectivity index (χ3n) is 3.78. The van der Waals surface area contributed by atoms with E-state index in [1.165, 1.54) is 9.12 Å². The zero-order valence-electron chi connectivity index (χ0n) is 15.2. The third-order valence-corrected chi connectivity index (χ3v) is 4.41. The van der Waals surface area contributed by atoms with Crippen LogP contribution in [0.15, 0.2) is 48.5 Å². The summed E-state index contributed by atoms with van der Waals surface area (Å²) in [6, 6.07) is 13.6. The van der Waals surface area contributed by atoms with Crippen LogP contribution in [0.25, 0.3) is 0 Å². The number of carbonyl (C=O) groups excluding carboxylic acids is 2. The molecule has 0 bridgehead atoms.